The van der Waals surface area contributed by atoms with Gasteiger partial charge in [0.25, 0.3) is 0 Å². The van der Waals surface area contributed by atoms with Gasteiger partial charge in [0.2, 0.25) is 0 Å². The highest BCUT2D eigenvalue weighted by molar-refractivity contribution is 5.64. The Hall–Kier alpha value is -3.00. The second kappa shape index (κ2) is 7.55. The van der Waals surface area contributed by atoms with Gasteiger partial charge in [0.05, 0.1) is 30.8 Å². The van der Waals surface area contributed by atoms with Crippen molar-refractivity contribution in [2.24, 2.45) is 0 Å². The fourth-order valence-corrected chi connectivity index (χ4v) is 3.21. The number of ether oxygens (including phenoxy) is 2. The molecule has 0 aliphatic carbocycles. The number of benzene rings is 2. The Bertz CT molecular complexity index is 932. The van der Waals surface area contributed by atoms with Crippen LogP contribution in [-0.2, 0) is 4.74 Å². The van der Waals surface area contributed by atoms with Gasteiger partial charge >= 0.3 is 6.36 Å². The van der Waals surface area contributed by atoms with Gasteiger partial charge in [-0.05, 0) is 42.5 Å². The van der Waals surface area contributed by atoms with Crippen molar-refractivity contribution >= 4 is 5.69 Å². The van der Waals surface area contributed by atoms with Gasteiger partial charge in [-0.25, -0.2) is 4.68 Å². The molecule has 1 fully saturated rings. The molecule has 1 aromatic heterocycles. The molecule has 3 aromatic rings. The number of hydrogen-bond acceptors (Lipinski definition) is 4. The Balaban J connectivity index is 1.60. The second-order valence-electron chi connectivity index (χ2n) is 6.32. The molecule has 8 heteroatoms. The molecule has 2 aromatic carbocycles. The maximum absolute atomic E-state index is 12.5. The molecule has 2 heterocycles. The van der Waals surface area contributed by atoms with E-state index in [1.165, 1.54) is 18.2 Å². The largest absolute Gasteiger partial charge is 0.573 e. The number of halogens is 3. The van der Waals surface area contributed by atoms with E-state index in [9.17, 15) is 13.2 Å². The smallest absolute Gasteiger partial charge is 0.406 e. The van der Waals surface area contributed by atoms with Crippen LogP contribution in [0.2, 0.25) is 0 Å². The molecular formula is C20H18F3N3O2. The molecular weight excluding hydrogens is 371 g/mol. The average Bonchev–Trinajstić information content (AvgIpc) is 3.18. The molecule has 0 atom stereocenters. The molecule has 1 aliphatic heterocycles. The number of morpholine rings is 1. The normalized spacial score (nSPS) is 14.9. The minimum atomic E-state index is -4.73. The Morgan fingerprint density at radius 2 is 1.64 bits per heavy atom. The zero-order valence-corrected chi connectivity index (χ0v) is 14.9. The van der Waals surface area contributed by atoms with Gasteiger partial charge in [-0.15, -0.1) is 13.2 Å². The van der Waals surface area contributed by atoms with Crippen LogP contribution in [0.1, 0.15) is 0 Å². The Morgan fingerprint density at radius 3 is 2.36 bits per heavy atom. The summed E-state index contributed by atoms with van der Waals surface area (Å²) >= 11 is 0. The van der Waals surface area contributed by atoms with Crippen LogP contribution in [0.3, 0.4) is 0 Å². The minimum absolute atomic E-state index is 0.264. The third kappa shape index (κ3) is 4.12. The lowest BCUT2D eigenvalue weighted by molar-refractivity contribution is -0.274. The molecule has 1 aliphatic rings. The van der Waals surface area contributed by atoms with E-state index in [2.05, 4.69) is 14.7 Å². The third-order valence-corrected chi connectivity index (χ3v) is 4.48. The Labute approximate surface area is 159 Å². The van der Waals surface area contributed by atoms with Gasteiger partial charge < -0.3 is 14.4 Å². The summed E-state index contributed by atoms with van der Waals surface area (Å²) in [6.07, 6.45) is -3.11. The average molecular weight is 389 g/mol. The van der Waals surface area contributed by atoms with E-state index in [-0.39, 0.29) is 5.75 Å². The van der Waals surface area contributed by atoms with Crippen molar-refractivity contribution in [1.29, 1.82) is 0 Å². The zero-order valence-electron chi connectivity index (χ0n) is 14.9. The predicted molar refractivity (Wildman–Crippen MR) is 98.7 cm³/mol. The summed E-state index contributed by atoms with van der Waals surface area (Å²) in [4.78, 5) is 2.25. The van der Waals surface area contributed by atoms with Gasteiger partial charge in [0, 0.05) is 24.3 Å². The number of nitrogens with zero attached hydrogens (tertiary/aromatic N) is 3. The maximum Gasteiger partial charge on any atom is 0.573 e. The van der Waals surface area contributed by atoms with Gasteiger partial charge in [0.1, 0.15) is 5.75 Å². The summed E-state index contributed by atoms with van der Waals surface area (Å²) in [6.45, 7) is 3.11. The molecule has 28 heavy (non-hydrogen) atoms. The van der Waals surface area contributed by atoms with E-state index in [0.717, 1.165) is 24.5 Å². The van der Waals surface area contributed by atoms with E-state index in [4.69, 9.17) is 4.74 Å². The van der Waals surface area contributed by atoms with E-state index in [1.807, 2.05) is 24.3 Å². The lowest BCUT2D eigenvalue weighted by Gasteiger charge is -2.28. The fraction of sp³-hybridized carbons (Fsp3) is 0.250. The SMILES string of the molecule is FC(F)(F)Oc1cccc(-c2ccnn2-c2ccc(N3CCOCC3)cc2)c1. The molecule has 146 valence electrons. The lowest BCUT2D eigenvalue weighted by atomic mass is 10.1. The highest BCUT2D eigenvalue weighted by Gasteiger charge is 2.31. The van der Waals surface area contributed by atoms with Crippen LogP contribution >= 0.6 is 0 Å². The van der Waals surface area contributed by atoms with Crippen molar-refractivity contribution < 1.29 is 22.6 Å². The monoisotopic (exact) mass is 389 g/mol. The summed E-state index contributed by atoms with van der Waals surface area (Å²) in [5.74, 6) is -0.264. The molecule has 0 amide bonds. The number of aromatic nitrogens is 2. The van der Waals surface area contributed by atoms with Crippen LogP contribution in [-0.4, -0.2) is 42.4 Å². The van der Waals surface area contributed by atoms with Crippen LogP contribution in [0, 0.1) is 0 Å². The van der Waals surface area contributed by atoms with Gasteiger partial charge in [-0.2, -0.15) is 5.10 Å². The Kier molecular flexibility index (Phi) is 4.95. The first-order chi connectivity index (χ1) is 13.5. The van der Waals surface area contributed by atoms with E-state index in [1.54, 1.807) is 23.0 Å². The number of alkyl halides is 3. The zero-order chi connectivity index (χ0) is 19.6. The van der Waals surface area contributed by atoms with Gasteiger partial charge in [-0.3, -0.25) is 0 Å². The van der Waals surface area contributed by atoms with Crippen LogP contribution in [0.5, 0.6) is 5.75 Å². The topological polar surface area (TPSA) is 39.5 Å². The van der Waals surface area contributed by atoms with Crippen LogP contribution < -0.4 is 9.64 Å². The standard InChI is InChI=1S/C20H18F3N3O2/c21-20(22,23)28-18-3-1-2-15(14-18)19-8-9-24-26(19)17-6-4-16(5-7-17)25-10-12-27-13-11-25/h1-9,14H,10-13H2. The highest BCUT2D eigenvalue weighted by atomic mass is 19.4. The van der Waals surface area contributed by atoms with Crippen LogP contribution in [0.25, 0.3) is 16.9 Å². The quantitative estimate of drug-likeness (QED) is 0.668. The maximum atomic E-state index is 12.5. The van der Waals surface area contributed by atoms with Crippen LogP contribution in [0.15, 0.2) is 60.8 Å². The molecule has 0 N–H and O–H groups in total. The molecule has 0 spiro atoms. The van der Waals surface area contributed by atoms with E-state index in [0.29, 0.717) is 24.5 Å². The van der Waals surface area contributed by atoms with Gasteiger partial charge in [0.15, 0.2) is 0 Å². The summed E-state index contributed by atoms with van der Waals surface area (Å²) in [6, 6.07) is 15.5. The number of hydrogen-bond donors (Lipinski definition) is 0. The number of rotatable bonds is 4. The van der Waals surface area contributed by atoms with Crippen molar-refractivity contribution in [2.75, 3.05) is 31.2 Å². The van der Waals surface area contributed by atoms with Gasteiger partial charge in [-0.1, -0.05) is 12.1 Å². The lowest BCUT2D eigenvalue weighted by Crippen LogP contribution is -2.36. The molecule has 1 saturated heterocycles. The first kappa shape index (κ1) is 18.4. The summed E-state index contributed by atoms with van der Waals surface area (Å²) < 4.78 is 48.6. The molecule has 4 rings (SSSR count). The molecule has 0 bridgehead atoms. The molecule has 0 radical (unpaired) electrons. The molecule has 5 nitrogen and oxygen atoms in total. The highest BCUT2D eigenvalue weighted by Crippen LogP contribution is 2.29. The van der Waals surface area contributed by atoms with Crippen LogP contribution in [0.4, 0.5) is 18.9 Å². The van der Waals surface area contributed by atoms with Crippen molar-refractivity contribution in [3.8, 4) is 22.7 Å². The third-order valence-electron chi connectivity index (χ3n) is 4.48. The number of anilines is 1. The molecule has 0 unspecified atom stereocenters. The first-order valence-corrected chi connectivity index (χ1v) is 8.83. The van der Waals surface area contributed by atoms with E-state index < -0.39 is 6.36 Å². The molecule has 0 saturated carbocycles. The fourth-order valence-electron chi connectivity index (χ4n) is 3.21. The van der Waals surface area contributed by atoms with Crippen molar-refractivity contribution in [3.05, 3.63) is 60.8 Å². The first-order valence-electron chi connectivity index (χ1n) is 8.83. The predicted octanol–water partition coefficient (Wildman–Crippen LogP) is 4.27. The van der Waals surface area contributed by atoms with Crippen molar-refractivity contribution in [3.63, 3.8) is 0 Å². The van der Waals surface area contributed by atoms with Crippen molar-refractivity contribution in [2.45, 2.75) is 6.36 Å². The Morgan fingerprint density at radius 1 is 0.929 bits per heavy atom. The summed E-state index contributed by atoms with van der Waals surface area (Å²) in [5.41, 5.74) is 3.17. The summed E-state index contributed by atoms with van der Waals surface area (Å²) in [5, 5.41) is 4.33. The summed E-state index contributed by atoms with van der Waals surface area (Å²) in [7, 11) is 0. The van der Waals surface area contributed by atoms with E-state index >= 15 is 0 Å². The van der Waals surface area contributed by atoms with Crippen molar-refractivity contribution in [1.82, 2.24) is 9.78 Å². The second-order valence-corrected chi connectivity index (χ2v) is 6.32. The minimum Gasteiger partial charge on any atom is -0.406 e.